The Hall–Kier alpha value is -0.730. The number of rotatable bonds is 2. The van der Waals surface area contributed by atoms with Crippen molar-refractivity contribution in [1.82, 2.24) is 5.32 Å². The summed E-state index contributed by atoms with van der Waals surface area (Å²) in [7, 11) is 0. The van der Waals surface area contributed by atoms with Gasteiger partial charge in [0.05, 0.1) is 0 Å². The Morgan fingerprint density at radius 1 is 1.29 bits per heavy atom. The second-order valence-corrected chi connectivity index (χ2v) is 7.65. The molecule has 1 saturated carbocycles. The van der Waals surface area contributed by atoms with Crippen LogP contribution in [0.25, 0.3) is 0 Å². The summed E-state index contributed by atoms with van der Waals surface area (Å²) in [6, 6.07) is 7.87. The molecule has 0 spiro atoms. The lowest BCUT2D eigenvalue weighted by atomic mass is 9.83. The normalized spacial score (nSPS) is 28.3. The highest BCUT2D eigenvalue weighted by molar-refractivity contribution is 6.31. The monoisotopic (exact) mass is 306 g/mol. The number of hydrogen-bond donors (Lipinski definition) is 1. The second kappa shape index (κ2) is 5.81. The number of piperazine rings is 1. The van der Waals surface area contributed by atoms with Crippen LogP contribution in [0.15, 0.2) is 18.2 Å². The molecule has 2 fully saturated rings. The van der Waals surface area contributed by atoms with Gasteiger partial charge in [0.1, 0.15) is 0 Å². The zero-order valence-electron chi connectivity index (χ0n) is 13.5. The number of benzene rings is 1. The molecule has 0 amide bonds. The Kier molecular flexibility index (Phi) is 4.20. The zero-order valence-corrected chi connectivity index (χ0v) is 14.2. The first-order chi connectivity index (χ1) is 10.00. The summed E-state index contributed by atoms with van der Waals surface area (Å²) in [5.74, 6) is 0. The van der Waals surface area contributed by atoms with Gasteiger partial charge in [0, 0.05) is 34.9 Å². The molecule has 1 saturated heterocycles. The summed E-state index contributed by atoms with van der Waals surface area (Å²) < 4.78 is 0. The molecule has 0 aromatic heterocycles. The number of fused-ring (bicyclic) bond motifs is 1. The molecule has 0 unspecified atom stereocenters. The topological polar surface area (TPSA) is 15.3 Å². The molecule has 1 N–H and O–H groups in total. The molecule has 21 heavy (non-hydrogen) atoms. The molecule has 3 heteroatoms. The minimum Gasteiger partial charge on any atom is -0.365 e. The molecule has 1 aromatic rings. The van der Waals surface area contributed by atoms with E-state index >= 15 is 0 Å². The molecule has 0 bridgehead atoms. The van der Waals surface area contributed by atoms with Crippen molar-refractivity contribution in [3.05, 3.63) is 28.8 Å². The third kappa shape index (κ3) is 3.07. The standard InChI is InChI=1S/C18H27ClN2/c1-4-13-9-10-14(11-15(13)19)21-12-18(2,3)20-16-7-5-6-8-17(16)21/h9-11,16-17,20H,4-8,12H2,1-3H3/t16-,17-/m0/s1. The predicted molar refractivity (Wildman–Crippen MR) is 91.4 cm³/mol. The quantitative estimate of drug-likeness (QED) is 0.871. The lowest BCUT2D eigenvalue weighted by Crippen LogP contribution is -2.67. The number of nitrogens with one attached hydrogen (secondary N) is 1. The van der Waals surface area contributed by atoms with Crippen molar-refractivity contribution in [2.24, 2.45) is 0 Å². The summed E-state index contributed by atoms with van der Waals surface area (Å²) in [6.45, 7) is 7.83. The average molecular weight is 307 g/mol. The molecule has 2 nitrogen and oxygen atoms in total. The number of anilines is 1. The van der Waals surface area contributed by atoms with E-state index in [2.05, 4.69) is 49.2 Å². The van der Waals surface area contributed by atoms with Crippen molar-refractivity contribution in [3.8, 4) is 0 Å². The average Bonchev–Trinajstić information content (AvgIpc) is 2.45. The van der Waals surface area contributed by atoms with Crippen LogP contribution in [0, 0.1) is 0 Å². The van der Waals surface area contributed by atoms with E-state index in [4.69, 9.17) is 11.6 Å². The zero-order chi connectivity index (χ0) is 15.0. The Balaban J connectivity index is 1.92. The molecule has 116 valence electrons. The Morgan fingerprint density at radius 2 is 2.05 bits per heavy atom. The fourth-order valence-electron chi connectivity index (χ4n) is 4.03. The SMILES string of the molecule is CCc1ccc(N2CC(C)(C)N[C@H]3CCCC[C@@H]32)cc1Cl. The van der Waals surface area contributed by atoms with Crippen molar-refractivity contribution in [2.45, 2.75) is 70.5 Å². The van der Waals surface area contributed by atoms with E-state index in [9.17, 15) is 0 Å². The van der Waals surface area contributed by atoms with E-state index in [1.165, 1.54) is 36.9 Å². The summed E-state index contributed by atoms with van der Waals surface area (Å²) in [5.41, 5.74) is 2.70. The highest BCUT2D eigenvalue weighted by atomic mass is 35.5. The van der Waals surface area contributed by atoms with Crippen LogP contribution in [-0.4, -0.2) is 24.2 Å². The van der Waals surface area contributed by atoms with Crippen LogP contribution in [0.1, 0.15) is 52.0 Å². The Morgan fingerprint density at radius 3 is 2.76 bits per heavy atom. The maximum absolute atomic E-state index is 6.45. The van der Waals surface area contributed by atoms with Crippen LogP contribution >= 0.6 is 11.6 Å². The van der Waals surface area contributed by atoms with Crippen LogP contribution < -0.4 is 10.2 Å². The van der Waals surface area contributed by atoms with Gasteiger partial charge in [-0.25, -0.2) is 0 Å². The third-order valence-corrected chi connectivity index (χ3v) is 5.37. The van der Waals surface area contributed by atoms with Crippen molar-refractivity contribution in [3.63, 3.8) is 0 Å². The van der Waals surface area contributed by atoms with Gasteiger partial charge in [-0.05, 0) is 50.8 Å². The molecule has 1 aliphatic heterocycles. The van der Waals surface area contributed by atoms with Crippen LogP contribution in [0.5, 0.6) is 0 Å². The molecule has 2 atom stereocenters. The van der Waals surface area contributed by atoms with Gasteiger partial charge < -0.3 is 10.2 Å². The largest absolute Gasteiger partial charge is 0.365 e. The fourth-order valence-corrected chi connectivity index (χ4v) is 4.34. The Bertz CT molecular complexity index is 512. The Labute approximate surface area is 133 Å². The van der Waals surface area contributed by atoms with Gasteiger partial charge in [-0.1, -0.05) is 37.4 Å². The maximum Gasteiger partial charge on any atom is 0.0458 e. The molecule has 2 aliphatic rings. The van der Waals surface area contributed by atoms with Gasteiger partial charge in [-0.15, -0.1) is 0 Å². The van der Waals surface area contributed by atoms with Crippen LogP contribution in [0.4, 0.5) is 5.69 Å². The number of hydrogen-bond acceptors (Lipinski definition) is 2. The maximum atomic E-state index is 6.45. The lowest BCUT2D eigenvalue weighted by molar-refractivity contribution is 0.199. The first kappa shape index (κ1) is 15.2. The van der Waals surface area contributed by atoms with Crippen molar-refractivity contribution in [2.75, 3.05) is 11.4 Å². The van der Waals surface area contributed by atoms with E-state index in [0.29, 0.717) is 12.1 Å². The molecular weight excluding hydrogens is 280 g/mol. The summed E-state index contributed by atoms with van der Waals surface area (Å²) in [6.07, 6.45) is 6.29. The van der Waals surface area contributed by atoms with Crippen LogP contribution in [0.2, 0.25) is 5.02 Å². The third-order valence-electron chi connectivity index (χ3n) is 5.02. The lowest BCUT2D eigenvalue weighted by Gasteiger charge is -2.52. The van der Waals surface area contributed by atoms with Gasteiger partial charge in [0.2, 0.25) is 0 Å². The predicted octanol–water partition coefficient (Wildman–Crippen LogP) is 4.40. The first-order valence-corrected chi connectivity index (χ1v) is 8.71. The van der Waals surface area contributed by atoms with Gasteiger partial charge in [0.25, 0.3) is 0 Å². The summed E-state index contributed by atoms with van der Waals surface area (Å²) >= 11 is 6.45. The molecular formula is C18H27ClN2. The van der Waals surface area contributed by atoms with Crippen molar-refractivity contribution < 1.29 is 0 Å². The highest BCUT2D eigenvalue weighted by Crippen LogP contribution is 2.35. The van der Waals surface area contributed by atoms with Gasteiger partial charge in [-0.3, -0.25) is 0 Å². The molecule has 0 radical (unpaired) electrons. The molecule has 1 aliphatic carbocycles. The van der Waals surface area contributed by atoms with E-state index in [0.717, 1.165) is 18.0 Å². The smallest absolute Gasteiger partial charge is 0.0458 e. The summed E-state index contributed by atoms with van der Waals surface area (Å²) in [5, 5.41) is 4.77. The van der Waals surface area contributed by atoms with Gasteiger partial charge in [0.15, 0.2) is 0 Å². The minimum absolute atomic E-state index is 0.161. The molecule has 3 rings (SSSR count). The van der Waals surface area contributed by atoms with Gasteiger partial charge in [-0.2, -0.15) is 0 Å². The van der Waals surface area contributed by atoms with Crippen LogP contribution in [-0.2, 0) is 6.42 Å². The molecule has 1 aromatic carbocycles. The minimum atomic E-state index is 0.161. The second-order valence-electron chi connectivity index (χ2n) is 7.24. The van der Waals surface area contributed by atoms with Crippen molar-refractivity contribution >= 4 is 17.3 Å². The number of halogens is 1. The van der Waals surface area contributed by atoms with Crippen LogP contribution in [0.3, 0.4) is 0 Å². The van der Waals surface area contributed by atoms with E-state index in [1.807, 2.05) is 0 Å². The number of aryl methyl sites for hydroxylation is 1. The summed E-state index contributed by atoms with van der Waals surface area (Å²) in [4.78, 5) is 2.60. The molecule has 1 heterocycles. The van der Waals surface area contributed by atoms with E-state index in [-0.39, 0.29) is 5.54 Å². The van der Waals surface area contributed by atoms with E-state index in [1.54, 1.807) is 0 Å². The first-order valence-electron chi connectivity index (χ1n) is 8.33. The fraction of sp³-hybridized carbons (Fsp3) is 0.667. The van der Waals surface area contributed by atoms with Gasteiger partial charge >= 0.3 is 0 Å². The van der Waals surface area contributed by atoms with E-state index < -0.39 is 0 Å². The highest BCUT2D eigenvalue weighted by Gasteiger charge is 2.40. The number of nitrogens with zero attached hydrogens (tertiary/aromatic N) is 1. The van der Waals surface area contributed by atoms with Crippen molar-refractivity contribution in [1.29, 1.82) is 0 Å².